The van der Waals surface area contributed by atoms with Crippen LogP contribution in [0, 0.1) is 13.8 Å². The van der Waals surface area contributed by atoms with E-state index in [2.05, 4.69) is 41.3 Å². The van der Waals surface area contributed by atoms with Gasteiger partial charge in [-0.25, -0.2) is 4.98 Å². The van der Waals surface area contributed by atoms with E-state index < -0.39 is 0 Å². The third-order valence-corrected chi connectivity index (χ3v) is 3.85. The van der Waals surface area contributed by atoms with Gasteiger partial charge >= 0.3 is 0 Å². The molecule has 0 spiro atoms. The molecule has 0 aliphatic carbocycles. The van der Waals surface area contributed by atoms with Crippen molar-refractivity contribution < 1.29 is 0 Å². The van der Waals surface area contributed by atoms with Crippen LogP contribution >= 0.6 is 11.3 Å². The molecule has 1 atom stereocenters. The minimum atomic E-state index is 0.316. The third kappa shape index (κ3) is 3.37. The first-order valence-corrected chi connectivity index (χ1v) is 7.08. The minimum Gasteiger partial charge on any atom is -0.309 e. The van der Waals surface area contributed by atoms with Crippen molar-refractivity contribution in [3.8, 4) is 0 Å². The third-order valence-electron chi connectivity index (χ3n) is 2.82. The normalized spacial score (nSPS) is 12.6. The summed E-state index contributed by atoms with van der Waals surface area (Å²) in [6.07, 6.45) is 4.81. The zero-order chi connectivity index (χ0) is 13.0. The lowest BCUT2D eigenvalue weighted by Gasteiger charge is -2.15. The molecule has 0 saturated heterocycles. The van der Waals surface area contributed by atoms with Crippen molar-refractivity contribution in [1.82, 2.24) is 15.3 Å². The number of thiazole rings is 1. The monoisotopic (exact) mass is 261 g/mol. The van der Waals surface area contributed by atoms with Crippen molar-refractivity contribution >= 4 is 11.3 Å². The standard InChI is InChI=1S/C14H19N3S/c1-4-15-13(14-9-16-11(3)18-14)7-12-6-5-10(2)8-17-12/h5-6,8-9,13,15H,4,7H2,1-3H3. The predicted molar refractivity (Wildman–Crippen MR) is 75.9 cm³/mol. The molecule has 0 fully saturated rings. The second-order valence-corrected chi connectivity index (χ2v) is 5.69. The van der Waals surface area contributed by atoms with Gasteiger partial charge in [-0.15, -0.1) is 11.3 Å². The van der Waals surface area contributed by atoms with Gasteiger partial charge in [0.15, 0.2) is 0 Å². The summed E-state index contributed by atoms with van der Waals surface area (Å²) in [4.78, 5) is 10.1. The zero-order valence-electron chi connectivity index (χ0n) is 11.1. The highest BCUT2D eigenvalue weighted by Gasteiger charge is 2.14. The molecule has 0 aliphatic rings. The number of likely N-dealkylation sites (N-methyl/N-ethyl adjacent to an activating group) is 1. The van der Waals surface area contributed by atoms with E-state index in [9.17, 15) is 0 Å². The fourth-order valence-corrected chi connectivity index (χ4v) is 2.75. The van der Waals surface area contributed by atoms with Crippen LogP contribution in [-0.4, -0.2) is 16.5 Å². The second-order valence-electron chi connectivity index (χ2n) is 4.42. The van der Waals surface area contributed by atoms with Crippen LogP contribution in [0.2, 0.25) is 0 Å². The highest BCUT2D eigenvalue weighted by Crippen LogP contribution is 2.23. The van der Waals surface area contributed by atoms with Gasteiger partial charge in [0.2, 0.25) is 0 Å². The number of pyridine rings is 1. The van der Waals surface area contributed by atoms with Crippen LogP contribution in [-0.2, 0) is 6.42 Å². The quantitative estimate of drug-likeness (QED) is 0.899. The molecule has 1 unspecified atom stereocenters. The number of nitrogens with zero attached hydrogens (tertiary/aromatic N) is 2. The van der Waals surface area contributed by atoms with Gasteiger partial charge < -0.3 is 5.32 Å². The Balaban J connectivity index is 2.13. The number of nitrogens with one attached hydrogen (secondary N) is 1. The molecular weight excluding hydrogens is 242 g/mol. The van der Waals surface area contributed by atoms with Crippen LogP contribution in [0.15, 0.2) is 24.5 Å². The van der Waals surface area contributed by atoms with Gasteiger partial charge in [-0.3, -0.25) is 4.98 Å². The highest BCUT2D eigenvalue weighted by atomic mass is 32.1. The van der Waals surface area contributed by atoms with Gasteiger partial charge in [-0.05, 0) is 32.0 Å². The summed E-state index contributed by atoms with van der Waals surface area (Å²) in [6, 6.07) is 4.54. The molecule has 0 saturated carbocycles. The Labute approximate surface area is 112 Å². The topological polar surface area (TPSA) is 37.8 Å². The van der Waals surface area contributed by atoms with E-state index in [4.69, 9.17) is 0 Å². The van der Waals surface area contributed by atoms with E-state index in [1.165, 1.54) is 10.4 Å². The zero-order valence-corrected chi connectivity index (χ0v) is 11.9. The number of aryl methyl sites for hydroxylation is 2. The molecule has 18 heavy (non-hydrogen) atoms. The largest absolute Gasteiger partial charge is 0.309 e. The van der Waals surface area contributed by atoms with E-state index in [1.807, 2.05) is 19.3 Å². The maximum absolute atomic E-state index is 4.48. The predicted octanol–water partition coefficient (Wildman–Crippen LogP) is 3.05. The van der Waals surface area contributed by atoms with Crippen molar-refractivity contribution in [3.63, 3.8) is 0 Å². The molecule has 2 aromatic heterocycles. The molecule has 96 valence electrons. The molecule has 0 amide bonds. The SMILES string of the molecule is CCNC(Cc1ccc(C)cn1)c1cnc(C)s1. The molecule has 0 aromatic carbocycles. The summed E-state index contributed by atoms with van der Waals surface area (Å²) < 4.78 is 0. The lowest BCUT2D eigenvalue weighted by molar-refractivity contribution is 0.551. The number of hydrogen-bond acceptors (Lipinski definition) is 4. The van der Waals surface area contributed by atoms with Gasteiger partial charge in [-0.2, -0.15) is 0 Å². The Hall–Kier alpha value is -1.26. The number of hydrogen-bond donors (Lipinski definition) is 1. The first-order chi connectivity index (χ1) is 8.69. The number of aromatic nitrogens is 2. The Morgan fingerprint density at radius 3 is 2.61 bits per heavy atom. The van der Waals surface area contributed by atoms with Crippen molar-refractivity contribution in [2.24, 2.45) is 0 Å². The van der Waals surface area contributed by atoms with Crippen molar-refractivity contribution in [2.45, 2.75) is 33.2 Å². The summed E-state index contributed by atoms with van der Waals surface area (Å²) in [5.41, 5.74) is 2.32. The molecule has 2 heterocycles. The molecule has 4 heteroatoms. The van der Waals surface area contributed by atoms with Crippen LogP contribution in [0.3, 0.4) is 0 Å². The average Bonchev–Trinajstić information content (AvgIpc) is 2.78. The molecule has 2 aromatic rings. The first kappa shape index (κ1) is 13.2. The Morgan fingerprint density at radius 1 is 1.22 bits per heavy atom. The summed E-state index contributed by atoms with van der Waals surface area (Å²) in [5, 5.41) is 4.62. The van der Waals surface area contributed by atoms with E-state index in [-0.39, 0.29) is 0 Å². The molecule has 0 radical (unpaired) electrons. The first-order valence-electron chi connectivity index (χ1n) is 6.26. The van der Waals surface area contributed by atoms with E-state index >= 15 is 0 Å². The lowest BCUT2D eigenvalue weighted by atomic mass is 10.1. The Morgan fingerprint density at radius 2 is 2.06 bits per heavy atom. The van der Waals surface area contributed by atoms with Crippen molar-refractivity contribution in [1.29, 1.82) is 0 Å². The average molecular weight is 261 g/mol. The van der Waals surface area contributed by atoms with E-state index in [0.717, 1.165) is 23.7 Å². The van der Waals surface area contributed by atoms with Crippen LogP contribution in [0.25, 0.3) is 0 Å². The summed E-state index contributed by atoms with van der Waals surface area (Å²) in [7, 11) is 0. The molecule has 3 nitrogen and oxygen atoms in total. The van der Waals surface area contributed by atoms with E-state index in [1.54, 1.807) is 11.3 Å². The summed E-state index contributed by atoms with van der Waals surface area (Å²) >= 11 is 1.76. The van der Waals surface area contributed by atoms with Crippen LogP contribution in [0.5, 0.6) is 0 Å². The van der Waals surface area contributed by atoms with Crippen molar-refractivity contribution in [2.75, 3.05) is 6.54 Å². The lowest BCUT2D eigenvalue weighted by Crippen LogP contribution is -2.22. The Bertz CT molecular complexity index is 490. The molecular formula is C14H19N3S. The van der Waals surface area contributed by atoms with Gasteiger partial charge in [0.05, 0.1) is 5.01 Å². The van der Waals surface area contributed by atoms with Gasteiger partial charge in [0.25, 0.3) is 0 Å². The van der Waals surface area contributed by atoms with E-state index in [0.29, 0.717) is 6.04 Å². The van der Waals surface area contributed by atoms with Crippen LogP contribution in [0.4, 0.5) is 0 Å². The fraction of sp³-hybridized carbons (Fsp3) is 0.429. The van der Waals surface area contributed by atoms with Gasteiger partial charge in [0.1, 0.15) is 0 Å². The summed E-state index contributed by atoms with van der Waals surface area (Å²) in [6.45, 7) is 7.18. The van der Waals surface area contributed by atoms with Gasteiger partial charge in [0, 0.05) is 35.4 Å². The summed E-state index contributed by atoms with van der Waals surface area (Å²) in [5.74, 6) is 0. The maximum atomic E-state index is 4.48. The smallest absolute Gasteiger partial charge is 0.0897 e. The fourth-order valence-electron chi connectivity index (χ4n) is 1.89. The minimum absolute atomic E-state index is 0.316. The maximum Gasteiger partial charge on any atom is 0.0897 e. The highest BCUT2D eigenvalue weighted by molar-refractivity contribution is 7.11. The molecule has 1 N–H and O–H groups in total. The molecule has 0 bridgehead atoms. The van der Waals surface area contributed by atoms with Gasteiger partial charge in [-0.1, -0.05) is 13.0 Å². The van der Waals surface area contributed by atoms with Crippen LogP contribution < -0.4 is 5.32 Å². The number of rotatable bonds is 5. The Kier molecular flexibility index (Phi) is 4.44. The van der Waals surface area contributed by atoms with Crippen LogP contribution in [0.1, 0.15) is 34.1 Å². The van der Waals surface area contributed by atoms with Crippen molar-refractivity contribution in [3.05, 3.63) is 45.7 Å². The molecule has 0 aliphatic heterocycles. The molecule has 2 rings (SSSR count). The second kappa shape index (κ2) is 6.07.